The number of benzene rings is 3. The zero-order valence-electron chi connectivity index (χ0n) is 18.6. The summed E-state index contributed by atoms with van der Waals surface area (Å²) in [6.07, 6.45) is 1.50. The number of para-hydroxylation sites is 1. The summed E-state index contributed by atoms with van der Waals surface area (Å²) in [5.41, 5.74) is 1.87. The van der Waals surface area contributed by atoms with Gasteiger partial charge in [0.15, 0.2) is 16.6 Å². The minimum atomic E-state index is -0.567. The fourth-order valence-corrected chi connectivity index (χ4v) is 4.18. The van der Waals surface area contributed by atoms with Crippen molar-refractivity contribution in [2.24, 2.45) is 0 Å². The predicted octanol–water partition coefficient (Wildman–Crippen LogP) is 5.80. The average Bonchev–Trinajstić information content (AvgIpc) is 2.83. The summed E-state index contributed by atoms with van der Waals surface area (Å²) in [4.78, 5) is 27.1. The quantitative estimate of drug-likeness (QED) is 0.239. The van der Waals surface area contributed by atoms with Crippen molar-refractivity contribution in [2.75, 3.05) is 11.5 Å². The van der Waals surface area contributed by atoms with Gasteiger partial charge in [0, 0.05) is 15.6 Å². The van der Waals surface area contributed by atoms with Crippen molar-refractivity contribution in [2.45, 2.75) is 13.5 Å². The molecule has 1 aliphatic rings. The van der Waals surface area contributed by atoms with E-state index in [0.717, 1.165) is 5.56 Å². The van der Waals surface area contributed by atoms with E-state index in [1.165, 1.54) is 11.0 Å². The van der Waals surface area contributed by atoms with E-state index in [1.54, 1.807) is 60.7 Å². The van der Waals surface area contributed by atoms with E-state index in [9.17, 15) is 9.59 Å². The number of hydrogen-bond donors (Lipinski definition) is 1. The number of amides is 2. The molecule has 1 aliphatic heterocycles. The standard InChI is InChI=1S/C26H20Cl2N2O4S/c1-2-33-23-13-16(8-11-22(23)34-15-17-9-10-18(27)14-21(17)28)12-20-24(31)29-26(35)30(25(20)32)19-6-4-3-5-7-19/h3-14H,2,15H2,1H3,(H,29,31,35)/b20-12-. The normalized spacial score (nSPS) is 14.8. The maximum absolute atomic E-state index is 13.2. The van der Waals surface area contributed by atoms with E-state index in [2.05, 4.69) is 5.32 Å². The number of rotatable bonds is 7. The van der Waals surface area contributed by atoms with Crippen molar-refractivity contribution >= 4 is 64.1 Å². The Kier molecular flexibility index (Phi) is 7.70. The highest BCUT2D eigenvalue weighted by Gasteiger charge is 2.34. The predicted molar refractivity (Wildman–Crippen MR) is 141 cm³/mol. The largest absolute Gasteiger partial charge is 0.490 e. The van der Waals surface area contributed by atoms with Gasteiger partial charge in [-0.15, -0.1) is 0 Å². The number of thiocarbonyl (C=S) groups is 1. The van der Waals surface area contributed by atoms with Crippen molar-refractivity contribution in [1.29, 1.82) is 0 Å². The van der Waals surface area contributed by atoms with E-state index < -0.39 is 11.8 Å². The van der Waals surface area contributed by atoms with Gasteiger partial charge in [0.1, 0.15) is 12.2 Å². The maximum atomic E-state index is 13.2. The van der Waals surface area contributed by atoms with Gasteiger partial charge < -0.3 is 9.47 Å². The fraction of sp³-hybridized carbons (Fsp3) is 0.115. The molecule has 6 nitrogen and oxygen atoms in total. The highest BCUT2D eigenvalue weighted by Crippen LogP contribution is 2.32. The Labute approximate surface area is 218 Å². The molecule has 3 aromatic carbocycles. The molecule has 35 heavy (non-hydrogen) atoms. The fourth-order valence-electron chi connectivity index (χ4n) is 3.43. The van der Waals surface area contributed by atoms with Gasteiger partial charge in [0.05, 0.1) is 12.3 Å². The van der Waals surface area contributed by atoms with Crippen molar-refractivity contribution in [3.63, 3.8) is 0 Å². The third-order valence-electron chi connectivity index (χ3n) is 5.09. The number of ether oxygens (including phenoxy) is 2. The number of hydrogen-bond acceptors (Lipinski definition) is 5. The summed E-state index contributed by atoms with van der Waals surface area (Å²) in [5, 5.41) is 3.65. The van der Waals surface area contributed by atoms with E-state index in [4.69, 9.17) is 44.9 Å². The Morgan fingerprint density at radius 2 is 1.74 bits per heavy atom. The number of nitrogens with zero attached hydrogens (tertiary/aromatic N) is 1. The van der Waals surface area contributed by atoms with Crippen LogP contribution in [0.25, 0.3) is 6.08 Å². The van der Waals surface area contributed by atoms with Crippen molar-refractivity contribution < 1.29 is 19.1 Å². The highest BCUT2D eigenvalue weighted by atomic mass is 35.5. The van der Waals surface area contributed by atoms with Gasteiger partial charge in [0.25, 0.3) is 11.8 Å². The van der Waals surface area contributed by atoms with Gasteiger partial charge in [-0.2, -0.15) is 0 Å². The molecule has 1 N–H and O–H groups in total. The van der Waals surface area contributed by atoms with E-state index >= 15 is 0 Å². The molecule has 0 unspecified atom stereocenters. The Morgan fingerprint density at radius 1 is 0.971 bits per heavy atom. The van der Waals surface area contributed by atoms with Crippen LogP contribution in [0.2, 0.25) is 10.0 Å². The summed E-state index contributed by atoms with van der Waals surface area (Å²) in [6, 6.07) is 19.2. The SMILES string of the molecule is CCOc1cc(/C=C2/C(=O)NC(=S)N(c3ccccc3)C2=O)ccc1OCc1ccc(Cl)cc1Cl. The smallest absolute Gasteiger partial charge is 0.270 e. The third-order valence-corrected chi connectivity index (χ3v) is 5.96. The van der Waals surface area contributed by atoms with Crippen LogP contribution in [0.5, 0.6) is 11.5 Å². The summed E-state index contributed by atoms with van der Waals surface area (Å²) in [5.74, 6) is -0.124. The van der Waals surface area contributed by atoms with Crippen LogP contribution < -0.4 is 19.7 Å². The molecular weight excluding hydrogens is 507 g/mol. The highest BCUT2D eigenvalue weighted by molar-refractivity contribution is 7.80. The summed E-state index contributed by atoms with van der Waals surface area (Å²) in [6.45, 7) is 2.45. The lowest BCUT2D eigenvalue weighted by Gasteiger charge is -2.28. The Hall–Kier alpha value is -3.39. The molecule has 0 bridgehead atoms. The number of nitrogens with one attached hydrogen (secondary N) is 1. The van der Waals surface area contributed by atoms with Gasteiger partial charge in [-0.25, -0.2) is 0 Å². The Balaban J connectivity index is 1.61. The monoisotopic (exact) mass is 526 g/mol. The molecule has 178 valence electrons. The van der Waals surface area contributed by atoms with E-state index in [1.807, 2.05) is 13.0 Å². The first-order valence-electron chi connectivity index (χ1n) is 10.7. The zero-order chi connectivity index (χ0) is 24.9. The molecule has 0 aromatic heterocycles. The lowest BCUT2D eigenvalue weighted by Crippen LogP contribution is -2.54. The first-order chi connectivity index (χ1) is 16.9. The molecule has 0 saturated carbocycles. The lowest BCUT2D eigenvalue weighted by molar-refractivity contribution is -0.122. The van der Waals surface area contributed by atoms with Crippen LogP contribution in [-0.4, -0.2) is 23.5 Å². The second kappa shape index (κ2) is 10.9. The molecule has 0 spiro atoms. The summed E-state index contributed by atoms with van der Waals surface area (Å²) >= 11 is 17.4. The van der Waals surface area contributed by atoms with Gasteiger partial charge in [-0.05, 0) is 67.2 Å². The van der Waals surface area contributed by atoms with Crippen LogP contribution in [-0.2, 0) is 16.2 Å². The molecule has 0 atom stereocenters. The molecule has 4 rings (SSSR count). The number of carbonyl (C=O) groups excluding carboxylic acids is 2. The number of halogens is 2. The molecule has 3 aromatic rings. The van der Waals surface area contributed by atoms with E-state index in [-0.39, 0.29) is 17.3 Å². The second-order valence-corrected chi connectivity index (χ2v) is 8.69. The number of anilines is 1. The molecule has 0 aliphatic carbocycles. The van der Waals surface area contributed by atoms with Gasteiger partial charge in [0.2, 0.25) is 0 Å². The Bertz CT molecular complexity index is 1330. The molecule has 9 heteroatoms. The van der Waals surface area contributed by atoms with Crippen molar-refractivity contribution in [3.05, 3.63) is 93.5 Å². The van der Waals surface area contributed by atoms with E-state index in [0.29, 0.717) is 39.4 Å². The average molecular weight is 527 g/mol. The Morgan fingerprint density at radius 3 is 2.46 bits per heavy atom. The first kappa shape index (κ1) is 24.7. The summed E-state index contributed by atoms with van der Waals surface area (Å²) in [7, 11) is 0. The molecule has 2 amide bonds. The molecule has 1 saturated heterocycles. The maximum Gasteiger partial charge on any atom is 0.270 e. The summed E-state index contributed by atoms with van der Waals surface area (Å²) < 4.78 is 11.7. The topological polar surface area (TPSA) is 67.9 Å². The third kappa shape index (κ3) is 5.65. The molecule has 0 radical (unpaired) electrons. The van der Waals surface area contributed by atoms with Crippen LogP contribution in [0.3, 0.4) is 0 Å². The second-order valence-electron chi connectivity index (χ2n) is 7.46. The molecular formula is C26H20Cl2N2O4S. The van der Waals surface area contributed by atoms with Crippen molar-refractivity contribution in [3.8, 4) is 11.5 Å². The minimum absolute atomic E-state index is 0.0305. The number of carbonyl (C=O) groups is 2. The van der Waals surface area contributed by atoms with Crippen LogP contribution in [0.15, 0.2) is 72.3 Å². The lowest BCUT2D eigenvalue weighted by atomic mass is 10.1. The molecule has 1 heterocycles. The molecule has 1 fully saturated rings. The van der Waals surface area contributed by atoms with Crippen LogP contribution in [0.4, 0.5) is 5.69 Å². The van der Waals surface area contributed by atoms with Crippen molar-refractivity contribution in [1.82, 2.24) is 5.32 Å². The minimum Gasteiger partial charge on any atom is -0.490 e. The van der Waals surface area contributed by atoms with Gasteiger partial charge in [-0.1, -0.05) is 53.5 Å². The zero-order valence-corrected chi connectivity index (χ0v) is 20.9. The van der Waals surface area contributed by atoms with Crippen LogP contribution >= 0.6 is 35.4 Å². The van der Waals surface area contributed by atoms with Gasteiger partial charge >= 0.3 is 0 Å². The van der Waals surface area contributed by atoms with Gasteiger partial charge in [-0.3, -0.25) is 19.8 Å². The van der Waals surface area contributed by atoms with Crippen LogP contribution in [0.1, 0.15) is 18.1 Å². The van der Waals surface area contributed by atoms with Crippen LogP contribution in [0, 0.1) is 0 Å². The first-order valence-corrected chi connectivity index (χ1v) is 11.8.